The Labute approximate surface area is 142 Å². The summed E-state index contributed by atoms with van der Waals surface area (Å²) in [5.41, 5.74) is 3.38. The molecule has 0 unspecified atom stereocenters. The Bertz CT molecular complexity index is 673. The van der Waals surface area contributed by atoms with Gasteiger partial charge < -0.3 is 15.7 Å². The van der Waals surface area contributed by atoms with Crippen molar-refractivity contribution < 1.29 is 9.90 Å². The second-order valence-electron chi connectivity index (χ2n) is 6.11. The molecule has 0 bridgehead atoms. The minimum absolute atomic E-state index is 0.0396. The lowest BCUT2D eigenvalue weighted by Gasteiger charge is -2.46. The number of carbonyl (C=O) groups excluding carboxylic acids is 1. The summed E-state index contributed by atoms with van der Waals surface area (Å²) >= 11 is 0. The van der Waals surface area contributed by atoms with Crippen molar-refractivity contribution in [1.29, 1.82) is 0 Å². The number of carbonyl (C=O) groups is 1. The highest BCUT2D eigenvalue weighted by Gasteiger charge is 2.40. The Morgan fingerprint density at radius 1 is 1.21 bits per heavy atom. The maximum Gasteiger partial charge on any atom is 0.219 e. The summed E-state index contributed by atoms with van der Waals surface area (Å²) in [5, 5.41) is 15.8. The highest BCUT2D eigenvalue weighted by molar-refractivity contribution is 5.75. The van der Waals surface area contributed by atoms with E-state index in [4.69, 9.17) is 0 Å². The van der Waals surface area contributed by atoms with E-state index in [1.165, 1.54) is 5.56 Å². The number of aliphatic hydroxyl groups excluding tert-OH is 1. The van der Waals surface area contributed by atoms with Crippen LogP contribution in [-0.2, 0) is 4.79 Å². The van der Waals surface area contributed by atoms with Gasteiger partial charge in [0, 0.05) is 43.4 Å². The number of pyridine rings is 1. The van der Waals surface area contributed by atoms with Crippen molar-refractivity contribution in [1.82, 2.24) is 15.6 Å². The van der Waals surface area contributed by atoms with E-state index in [2.05, 4.69) is 39.9 Å². The van der Waals surface area contributed by atoms with E-state index in [-0.39, 0.29) is 30.5 Å². The van der Waals surface area contributed by atoms with E-state index >= 15 is 0 Å². The van der Waals surface area contributed by atoms with Crippen LogP contribution < -0.4 is 10.6 Å². The summed E-state index contributed by atoms with van der Waals surface area (Å²) < 4.78 is 0. The van der Waals surface area contributed by atoms with Gasteiger partial charge in [0.05, 0.1) is 6.61 Å². The summed E-state index contributed by atoms with van der Waals surface area (Å²) in [7, 11) is 0. The van der Waals surface area contributed by atoms with Crippen molar-refractivity contribution in [3.05, 3.63) is 54.4 Å². The van der Waals surface area contributed by atoms with Crippen LogP contribution in [0, 0.1) is 0 Å². The Kier molecular flexibility index (Phi) is 5.23. The molecule has 1 saturated heterocycles. The molecule has 5 heteroatoms. The zero-order valence-electron chi connectivity index (χ0n) is 13.8. The van der Waals surface area contributed by atoms with Crippen LogP contribution in [0.5, 0.6) is 0 Å². The number of amides is 1. The largest absolute Gasteiger partial charge is 0.395 e. The second kappa shape index (κ2) is 7.55. The summed E-state index contributed by atoms with van der Waals surface area (Å²) in [6, 6.07) is 12.5. The molecule has 0 radical (unpaired) electrons. The summed E-state index contributed by atoms with van der Waals surface area (Å²) in [6.07, 6.45) is 4.10. The van der Waals surface area contributed by atoms with Crippen molar-refractivity contribution in [3.8, 4) is 11.1 Å². The fourth-order valence-electron chi connectivity index (χ4n) is 3.24. The lowest BCUT2D eigenvalue weighted by Crippen LogP contribution is -2.64. The first-order valence-electron chi connectivity index (χ1n) is 8.37. The lowest BCUT2D eigenvalue weighted by molar-refractivity contribution is -0.121. The molecule has 1 aromatic carbocycles. The average molecular weight is 325 g/mol. The molecule has 1 aliphatic heterocycles. The number of rotatable bonds is 6. The molecule has 0 spiro atoms. The van der Waals surface area contributed by atoms with Gasteiger partial charge in [-0.05, 0) is 22.8 Å². The third-order valence-electron chi connectivity index (χ3n) is 4.62. The standard InChI is InChI=1S/C19H23N3O2/c1-2-18(24)21-11-16-19(17(12-23)22-16)14-7-5-13(6-8-14)15-4-3-9-20-10-15/h3-10,16-17,19,22-23H,2,11-12H2,1H3,(H,21,24)/t16-,17-,19-/m1/s1. The first-order chi connectivity index (χ1) is 11.7. The van der Waals surface area contributed by atoms with E-state index in [0.717, 1.165) is 11.1 Å². The van der Waals surface area contributed by atoms with E-state index < -0.39 is 0 Å². The monoisotopic (exact) mass is 325 g/mol. The molecule has 24 heavy (non-hydrogen) atoms. The van der Waals surface area contributed by atoms with Gasteiger partial charge in [0.2, 0.25) is 5.91 Å². The molecule has 1 aromatic heterocycles. The topological polar surface area (TPSA) is 74.2 Å². The third kappa shape index (κ3) is 3.47. The number of hydrogen-bond donors (Lipinski definition) is 3. The molecule has 0 aliphatic carbocycles. The summed E-state index contributed by atoms with van der Waals surface area (Å²) in [5.74, 6) is 0.255. The molecular weight excluding hydrogens is 302 g/mol. The maximum atomic E-state index is 11.5. The van der Waals surface area contributed by atoms with E-state index in [0.29, 0.717) is 13.0 Å². The Balaban J connectivity index is 1.72. The van der Waals surface area contributed by atoms with Crippen LogP contribution in [0.25, 0.3) is 11.1 Å². The molecule has 5 nitrogen and oxygen atoms in total. The van der Waals surface area contributed by atoms with Crippen LogP contribution in [0.1, 0.15) is 24.8 Å². The minimum atomic E-state index is 0.0396. The quantitative estimate of drug-likeness (QED) is 0.756. The van der Waals surface area contributed by atoms with Gasteiger partial charge >= 0.3 is 0 Å². The minimum Gasteiger partial charge on any atom is -0.395 e. The molecule has 1 fully saturated rings. The molecule has 2 aromatic rings. The second-order valence-corrected chi connectivity index (χ2v) is 6.11. The van der Waals surface area contributed by atoms with Gasteiger partial charge in [0.15, 0.2) is 0 Å². The van der Waals surface area contributed by atoms with Gasteiger partial charge in [-0.1, -0.05) is 37.3 Å². The molecule has 0 saturated carbocycles. The highest BCUT2D eigenvalue weighted by Crippen LogP contribution is 2.33. The molecule has 3 N–H and O–H groups in total. The molecule has 3 atom stereocenters. The van der Waals surface area contributed by atoms with Gasteiger partial charge in [-0.2, -0.15) is 0 Å². The summed E-state index contributed by atoms with van der Waals surface area (Å²) in [4.78, 5) is 15.6. The smallest absolute Gasteiger partial charge is 0.219 e. The molecule has 1 amide bonds. The van der Waals surface area contributed by atoms with Crippen LogP contribution >= 0.6 is 0 Å². The first-order valence-corrected chi connectivity index (χ1v) is 8.37. The molecule has 1 aliphatic rings. The lowest BCUT2D eigenvalue weighted by atomic mass is 9.77. The number of aromatic nitrogens is 1. The molecule has 2 heterocycles. The van der Waals surface area contributed by atoms with Crippen molar-refractivity contribution in [2.24, 2.45) is 0 Å². The average Bonchev–Trinajstić information content (AvgIpc) is 2.62. The van der Waals surface area contributed by atoms with Gasteiger partial charge in [0.1, 0.15) is 0 Å². The first kappa shape index (κ1) is 16.6. The van der Waals surface area contributed by atoms with E-state index in [1.54, 1.807) is 6.20 Å². The van der Waals surface area contributed by atoms with Gasteiger partial charge in [0.25, 0.3) is 0 Å². The van der Waals surface area contributed by atoms with Crippen molar-refractivity contribution >= 4 is 5.91 Å². The maximum absolute atomic E-state index is 11.5. The summed E-state index contributed by atoms with van der Waals surface area (Å²) in [6.45, 7) is 2.51. The van der Waals surface area contributed by atoms with Crippen molar-refractivity contribution in [2.75, 3.05) is 13.2 Å². The molecule has 3 rings (SSSR count). The number of aliphatic hydroxyl groups is 1. The van der Waals surface area contributed by atoms with Crippen molar-refractivity contribution in [2.45, 2.75) is 31.3 Å². The number of benzene rings is 1. The predicted molar refractivity (Wildman–Crippen MR) is 93.5 cm³/mol. The molecular formula is C19H23N3O2. The van der Waals surface area contributed by atoms with Gasteiger partial charge in [-0.15, -0.1) is 0 Å². The zero-order chi connectivity index (χ0) is 16.9. The highest BCUT2D eigenvalue weighted by atomic mass is 16.3. The molecule has 126 valence electrons. The van der Waals surface area contributed by atoms with E-state index in [9.17, 15) is 9.90 Å². The zero-order valence-corrected chi connectivity index (χ0v) is 13.8. The van der Waals surface area contributed by atoms with Crippen LogP contribution in [0.15, 0.2) is 48.8 Å². The number of nitrogens with zero attached hydrogens (tertiary/aromatic N) is 1. The van der Waals surface area contributed by atoms with Crippen LogP contribution in [0.3, 0.4) is 0 Å². The SMILES string of the molecule is CCC(=O)NC[C@H]1N[C@H](CO)[C@@H]1c1ccc(-c2cccnc2)cc1. The Hall–Kier alpha value is -2.24. The van der Waals surface area contributed by atoms with Crippen LogP contribution in [-0.4, -0.2) is 41.2 Å². The Morgan fingerprint density at radius 3 is 2.62 bits per heavy atom. The fourth-order valence-corrected chi connectivity index (χ4v) is 3.24. The fraction of sp³-hybridized carbons (Fsp3) is 0.368. The van der Waals surface area contributed by atoms with E-state index in [1.807, 2.05) is 25.3 Å². The van der Waals surface area contributed by atoms with Crippen LogP contribution in [0.4, 0.5) is 0 Å². The van der Waals surface area contributed by atoms with Gasteiger partial charge in [-0.25, -0.2) is 0 Å². The number of hydrogen-bond acceptors (Lipinski definition) is 4. The van der Waals surface area contributed by atoms with Crippen LogP contribution in [0.2, 0.25) is 0 Å². The Morgan fingerprint density at radius 2 is 2.00 bits per heavy atom. The number of nitrogens with one attached hydrogen (secondary N) is 2. The third-order valence-corrected chi connectivity index (χ3v) is 4.62. The normalized spacial score (nSPS) is 22.7. The van der Waals surface area contributed by atoms with Gasteiger partial charge in [-0.3, -0.25) is 9.78 Å². The predicted octanol–water partition coefficient (Wildman–Crippen LogP) is 1.69. The van der Waals surface area contributed by atoms with Crippen molar-refractivity contribution in [3.63, 3.8) is 0 Å².